The molecule has 0 heterocycles. The Bertz CT molecular complexity index is 452. The van der Waals surface area contributed by atoms with E-state index in [0.29, 0.717) is 11.1 Å². The van der Waals surface area contributed by atoms with Crippen LogP contribution >= 0.6 is 0 Å². The quantitative estimate of drug-likeness (QED) is 0.567. The molecule has 0 unspecified atom stereocenters. The fourth-order valence-corrected chi connectivity index (χ4v) is 1.15. The molecule has 4 nitrogen and oxygen atoms in total. The molecule has 1 aromatic carbocycles. The average molecular weight is 203 g/mol. The lowest BCUT2D eigenvalue weighted by molar-refractivity contribution is -0.132. The van der Waals surface area contributed by atoms with Gasteiger partial charge in [0, 0.05) is 0 Å². The number of phenolic OH excluding ortho intramolecular Hbond substituents is 1. The van der Waals surface area contributed by atoms with Gasteiger partial charge in [0.1, 0.15) is 17.4 Å². The van der Waals surface area contributed by atoms with Gasteiger partial charge in [-0.1, -0.05) is 12.1 Å². The van der Waals surface area contributed by atoms with Crippen molar-refractivity contribution in [3.63, 3.8) is 0 Å². The molecule has 0 bridgehead atoms. The number of carboxylic acid groups (broad SMARTS) is 1. The van der Waals surface area contributed by atoms with Crippen LogP contribution in [0.2, 0.25) is 0 Å². The minimum absolute atomic E-state index is 0.0976. The van der Waals surface area contributed by atoms with Crippen molar-refractivity contribution in [2.75, 3.05) is 0 Å². The molecule has 2 N–H and O–H groups in total. The van der Waals surface area contributed by atoms with E-state index in [1.807, 2.05) is 0 Å². The third kappa shape index (κ3) is 2.35. The zero-order valence-electron chi connectivity index (χ0n) is 8.06. The number of carbonyl (C=O) groups is 1. The molecule has 0 aliphatic carbocycles. The number of allylic oxidation sites excluding steroid dienone is 1. The predicted molar refractivity (Wildman–Crippen MR) is 53.9 cm³/mol. The molecule has 0 fully saturated rings. The maximum atomic E-state index is 10.7. The standard InChI is InChI=1S/C11H9NO3/c1-7(10(6-12)11(14)15)8-2-4-9(13)5-3-8/h2-5,13H,1H3,(H,14,15). The molecule has 76 valence electrons. The highest BCUT2D eigenvalue weighted by atomic mass is 16.4. The lowest BCUT2D eigenvalue weighted by Gasteiger charge is -2.02. The molecule has 0 atom stereocenters. The van der Waals surface area contributed by atoms with Crippen molar-refractivity contribution in [1.82, 2.24) is 0 Å². The molecule has 0 aliphatic rings. The zero-order chi connectivity index (χ0) is 11.4. The van der Waals surface area contributed by atoms with Crippen molar-refractivity contribution < 1.29 is 15.0 Å². The highest BCUT2D eigenvalue weighted by Crippen LogP contribution is 2.20. The average Bonchev–Trinajstić information content (AvgIpc) is 2.19. The Morgan fingerprint density at radius 2 is 1.87 bits per heavy atom. The van der Waals surface area contributed by atoms with E-state index in [2.05, 4.69) is 0 Å². The van der Waals surface area contributed by atoms with Gasteiger partial charge in [-0.15, -0.1) is 0 Å². The van der Waals surface area contributed by atoms with Crippen LogP contribution in [0.3, 0.4) is 0 Å². The number of rotatable bonds is 2. The third-order valence-corrected chi connectivity index (χ3v) is 2.00. The summed E-state index contributed by atoms with van der Waals surface area (Å²) < 4.78 is 0. The van der Waals surface area contributed by atoms with E-state index in [0.717, 1.165) is 0 Å². The van der Waals surface area contributed by atoms with Gasteiger partial charge in [0.15, 0.2) is 0 Å². The minimum atomic E-state index is -1.25. The number of phenols is 1. The van der Waals surface area contributed by atoms with E-state index in [9.17, 15) is 4.79 Å². The second-order valence-corrected chi connectivity index (χ2v) is 2.96. The third-order valence-electron chi connectivity index (χ3n) is 2.00. The molecule has 0 spiro atoms. The second-order valence-electron chi connectivity index (χ2n) is 2.96. The molecule has 0 aliphatic heterocycles. The first-order valence-electron chi connectivity index (χ1n) is 4.20. The van der Waals surface area contributed by atoms with Gasteiger partial charge in [-0.25, -0.2) is 4.79 Å². The Hall–Kier alpha value is -2.28. The Labute approximate surface area is 86.7 Å². The minimum Gasteiger partial charge on any atom is -0.508 e. The van der Waals surface area contributed by atoms with Gasteiger partial charge in [-0.2, -0.15) is 5.26 Å². The van der Waals surface area contributed by atoms with Crippen LogP contribution in [0.4, 0.5) is 0 Å². The first-order valence-corrected chi connectivity index (χ1v) is 4.20. The number of aromatic hydroxyl groups is 1. The van der Waals surface area contributed by atoms with Gasteiger partial charge in [0.2, 0.25) is 0 Å². The SMILES string of the molecule is CC(=C(C#N)C(=O)O)c1ccc(O)cc1. The smallest absolute Gasteiger partial charge is 0.346 e. The van der Waals surface area contributed by atoms with E-state index in [-0.39, 0.29) is 11.3 Å². The summed E-state index contributed by atoms with van der Waals surface area (Å²) in [5.41, 5.74) is 0.692. The maximum Gasteiger partial charge on any atom is 0.346 e. The zero-order valence-corrected chi connectivity index (χ0v) is 8.06. The summed E-state index contributed by atoms with van der Waals surface area (Å²) >= 11 is 0. The van der Waals surface area contributed by atoms with Gasteiger partial charge in [-0.3, -0.25) is 0 Å². The number of aliphatic carboxylic acids is 1. The largest absolute Gasteiger partial charge is 0.508 e. The Morgan fingerprint density at radius 3 is 2.27 bits per heavy atom. The summed E-state index contributed by atoms with van der Waals surface area (Å²) in [6.45, 7) is 1.55. The number of hydrogen-bond donors (Lipinski definition) is 2. The van der Waals surface area contributed by atoms with Gasteiger partial charge in [0.05, 0.1) is 0 Å². The van der Waals surface area contributed by atoms with Crippen LogP contribution < -0.4 is 0 Å². The molecule has 0 radical (unpaired) electrons. The van der Waals surface area contributed by atoms with Crippen molar-refractivity contribution in [3.05, 3.63) is 35.4 Å². The summed E-state index contributed by atoms with van der Waals surface area (Å²) in [6, 6.07) is 7.63. The molecule has 0 aromatic heterocycles. The first kappa shape index (κ1) is 10.8. The van der Waals surface area contributed by atoms with Gasteiger partial charge < -0.3 is 10.2 Å². The fraction of sp³-hybridized carbons (Fsp3) is 0.0909. The number of nitrogens with zero attached hydrogens (tertiary/aromatic N) is 1. The number of carboxylic acids is 1. The van der Waals surface area contributed by atoms with Crippen molar-refractivity contribution in [3.8, 4) is 11.8 Å². The van der Waals surface area contributed by atoms with E-state index < -0.39 is 5.97 Å². The Kier molecular flexibility index (Phi) is 3.09. The van der Waals surface area contributed by atoms with E-state index in [4.69, 9.17) is 15.5 Å². The van der Waals surface area contributed by atoms with Crippen molar-refractivity contribution in [2.24, 2.45) is 0 Å². The number of nitriles is 1. The fourth-order valence-electron chi connectivity index (χ4n) is 1.15. The Balaban J connectivity index is 3.24. The van der Waals surface area contributed by atoms with Gasteiger partial charge >= 0.3 is 5.97 Å². The molecule has 1 aromatic rings. The summed E-state index contributed by atoms with van der Waals surface area (Å²) in [4.78, 5) is 10.7. The van der Waals surface area contributed by atoms with Crippen LogP contribution in [0.5, 0.6) is 5.75 Å². The van der Waals surface area contributed by atoms with Crippen LogP contribution in [0, 0.1) is 11.3 Å². The normalized spacial score (nSPS) is 11.5. The van der Waals surface area contributed by atoms with E-state index >= 15 is 0 Å². The highest BCUT2D eigenvalue weighted by Gasteiger charge is 2.11. The molecule has 0 saturated carbocycles. The van der Waals surface area contributed by atoms with E-state index in [1.165, 1.54) is 12.1 Å². The van der Waals surface area contributed by atoms with Crippen LogP contribution in [0.25, 0.3) is 5.57 Å². The summed E-state index contributed by atoms with van der Waals surface area (Å²) in [6.07, 6.45) is 0. The molecule has 15 heavy (non-hydrogen) atoms. The van der Waals surface area contributed by atoms with Crippen LogP contribution in [0.1, 0.15) is 12.5 Å². The van der Waals surface area contributed by atoms with Crippen LogP contribution in [0.15, 0.2) is 29.8 Å². The highest BCUT2D eigenvalue weighted by molar-refractivity contribution is 6.00. The molecule has 0 amide bonds. The Morgan fingerprint density at radius 1 is 1.33 bits per heavy atom. The van der Waals surface area contributed by atoms with Crippen molar-refractivity contribution >= 4 is 11.5 Å². The predicted octanol–water partition coefficient (Wildman–Crippen LogP) is 1.77. The second kappa shape index (κ2) is 4.29. The van der Waals surface area contributed by atoms with Crippen LogP contribution in [-0.4, -0.2) is 16.2 Å². The monoisotopic (exact) mass is 203 g/mol. The summed E-state index contributed by atoms with van der Waals surface area (Å²) in [7, 11) is 0. The van der Waals surface area contributed by atoms with Gasteiger partial charge in [0.25, 0.3) is 0 Å². The first-order chi connectivity index (χ1) is 7.06. The van der Waals surface area contributed by atoms with Crippen LogP contribution in [-0.2, 0) is 4.79 Å². The number of benzene rings is 1. The maximum absolute atomic E-state index is 10.7. The van der Waals surface area contributed by atoms with Crippen molar-refractivity contribution in [1.29, 1.82) is 5.26 Å². The van der Waals surface area contributed by atoms with Crippen molar-refractivity contribution in [2.45, 2.75) is 6.92 Å². The molecular weight excluding hydrogens is 194 g/mol. The molecule has 4 heteroatoms. The topological polar surface area (TPSA) is 81.3 Å². The summed E-state index contributed by atoms with van der Waals surface area (Å²) in [5.74, 6) is -1.15. The lowest BCUT2D eigenvalue weighted by atomic mass is 10.0. The van der Waals surface area contributed by atoms with Gasteiger partial charge in [-0.05, 0) is 30.2 Å². The summed E-state index contributed by atoms with van der Waals surface area (Å²) in [5, 5.41) is 26.4. The molecule has 0 saturated heterocycles. The molecular formula is C11H9NO3. The number of hydrogen-bond acceptors (Lipinski definition) is 3. The molecule has 1 rings (SSSR count). The lowest BCUT2D eigenvalue weighted by Crippen LogP contribution is -2.00. The van der Waals surface area contributed by atoms with E-state index in [1.54, 1.807) is 25.1 Å².